The summed E-state index contributed by atoms with van der Waals surface area (Å²) in [6.07, 6.45) is 0. The Hall–Kier alpha value is -2.20. The zero-order valence-electron chi connectivity index (χ0n) is 14.9. The fourth-order valence-corrected chi connectivity index (χ4v) is 2.36. The topological polar surface area (TPSA) is 36.9 Å². The molecule has 0 spiro atoms. The number of hydrogen-bond acceptors (Lipinski definition) is 4. The van der Waals surface area contributed by atoms with Gasteiger partial charge in [0.1, 0.15) is 30.5 Å². The summed E-state index contributed by atoms with van der Waals surface area (Å²) in [4.78, 5) is 0. The highest BCUT2D eigenvalue weighted by molar-refractivity contribution is 5.44. The Kier molecular flexibility index (Phi) is 6.94. The number of rotatable bonds is 9. The van der Waals surface area contributed by atoms with Gasteiger partial charge in [-0.1, -0.05) is 18.2 Å². The van der Waals surface area contributed by atoms with Crippen molar-refractivity contribution < 1.29 is 18.9 Å². The Bertz CT molecular complexity index is 652. The van der Waals surface area contributed by atoms with Gasteiger partial charge < -0.3 is 18.9 Å². The van der Waals surface area contributed by atoms with Crippen LogP contribution in [-0.4, -0.2) is 33.5 Å². The molecule has 0 saturated carbocycles. The van der Waals surface area contributed by atoms with Gasteiger partial charge in [0, 0.05) is 6.07 Å². The first-order chi connectivity index (χ1) is 11.6. The fraction of sp³-hybridized carbons (Fsp3) is 0.400. The summed E-state index contributed by atoms with van der Waals surface area (Å²) in [6, 6.07) is 11.7. The highest BCUT2D eigenvalue weighted by atomic mass is 16.5. The predicted molar refractivity (Wildman–Crippen MR) is 95.5 cm³/mol. The second-order valence-electron chi connectivity index (χ2n) is 5.64. The summed E-state index contributed by atoms with van der Waals surface area (Å²) >= 11 is 0. The van der Waals surface area contributed by atoms with E-state index in [0.29, 0.717) is 26.4 Å². The largest absolute Gasteiger partial charge is 0.497 e. The Morgan fingerprint density at radius 3 is 2.17 bits per heavy atom. The molecular weight excluding hydrogens is 304 g/mol. The minimum atomic E-state index is 0.496. The molecule has 0 atom stereocenters. The Labute approximate surface area is 144 Å². The van der Waals surface area contributed by atoms with Gasteiger partial charge in [-0.05, 0) is 49.6 Å². The minimum Gasteiger partial charge on any atom is -0.497 e. The zero-order chi connectivity index (χ0) is 17.4. The Morgan fingerprint density at radius 2 is 1.42 bits per heavy atom. The first-order valence-electron chi connectivity index (χ1n) is 8.16. The van der Waals surface area contributed by atoms with Crippen molar-refractivity contribution in [2.75, 3.05) is 33.5 Å². The molecular formula is C20H26O4. The molecule has 0 aromatic heterocycles. The molecule has 2 aromatic carbocycles. The lowest BCUT2D eigenvalue weighted by Crippen LogP contribution is -2.13. The molecule has 0 fully saturated rings. The van der Waals surface area contributed by atoms with Crippen LogP contribution in [0.4, 0.5) is 0 Å². The van der Waals surface area contributed by atoms with E-state index < -0.39 is 0 Å². The van der Waals surface area contributed by atoms with Crippen LogP contribution in [0, 0.1) is 20.8 Å². The first kappa shape index (κ1) is 18.1. The summed E-state index contributed by atoms with van der Waals surface area (Å²) in [5, 5.41) is 0. The molecule has 0 amide bonds. The van der Waals surface area contributed by atoms with E-state index in [1.807, 2.05) is 24.3 Å². The van der Waals surface area contributed by atoms with Crippen LogP contribution in [0.1, 0.15) is 16.7 Å². The third-order valence-electron chi connectivity index (χ3n) is 3.89. The van der Waals surface area contributed by atoms with E-state index >= 15 is 0 Å². The predicted octanol–water partition coefficient (Wildman–Crippen LogP) is 4.09. The van der Waals surface area contributed by atoms with Crippen LogP contribution >= 0.6 is 0 Å². The maximum atomic E-state index is 5.86. The van der Waals surface area contributed by atoms with E-state index in [-0.39, 0.29) is 0 Å². The average molecular weight is 330 g/mol. The molecule has 2 aromatic rings. The van der Waals surface area contributed by atoms with Crippen molar-refractivity contribution in [1.82, 2.24) is 0 Å². The van der Waals surface area contributed by atoms with Crippen molar-refractivity contribution >= 4 is 0 Å². The molecule has 0 unspecified atom stereocenters. The van der Waals surface area contributed by atoms with Crippen molar-refractivity contribution in [2.24, 2.45) is 0 Å². The van der Waals surface area contributed by atoms with Crippen LogP contribution in [0.5, 0.6) is 17.2 Å². The van der Waals surface area contributed by atoms with Crippen molar-refractivity contribution in [2.45, 2.75) is 20.8 Å². The maximum absolute atomic E-state index is 5.86. The number of methoxy groups -OCH3 is 1. The van der Waals surface area contributed by atoms with Crippen LogP contribution in [0.15, 0.2) is 36.4 Å². The molecule has 0 radical (unpaired) electrons. The number of benzene rings is 2. The summed E-state index contributed by atoms with van der Waals surface area (Å²) < 4.78 is 22.2. The highest BCUT2D eigenvalue weighted by Crippen LogP contribution is 2.25. The van der Waals surface area contributed by atoms with Crippen LogP contribution in [-0.2, 0) is 4.74 Å². The van der Waals surface area contributed by atoms with Gasteiger partial charge in [-0.15, -0.1) is 0 Å². The van der Waals surface area contributed by atoms with Crippen molar-refractivity contribution in [3.63, 3.8) is 0 Å². The SMILES string of the molecule is COc1cccc(OCCOCCOc2c(C)ccc(C)c2C)c1. The number of aryl methyl sites for hydroxylation is 2. The van der Waals surface area contributed by atoms with E-state index in [1.54, 1.807) is 7.11 Å². The second kappa shape index (κ2) is 9.18. The normalized spacial score (nSPS) is 10.5. The van der Waals surface area contributed by atoms with E-state index in [0.717, 1.165) is 22.8 Å². The van der Waals surface area contributed by atoms with Crippen LogP contribution in [0.25, 0.3) is 0 Å². The number of ether oxygens (including phenoxy) is 4. The van der Waals surface area contributed by atoms with Gasteiger partial charge in [0.15, 0.2) is 0 Å². The zero-order valence-corrected chi connectivity index (χ0v) is 14.9. The molecule has 4 heteroatoms. The smallest absolute Gasteiger partial charge is 0.125 e. The molecule has 0 aliphatic heterocycles. The lowest BCUT2D eigenvalue weighted by molar-refractivity contribution is 0.0760. The van der Waals surface area contributed by atoms with Gasteiger partial charge in [0.2, 0.25) is 0 Å². The summed E-state index contributed by atoms with van der Waals surface area (Å²) in [5.41, 5.74) is 3.58. The molecule has 0 bridgehead atoms. The van der Waals surface area contributed by atoms with Gasteiger partial charge in [-0.25, -0.2) is 0 Å². The Morgan fingerprint density at radius 1 is 0.750 bits per heavy atom. The van der Waals surface area contributed by atoms with E-state index in [1.165, 1.54) is 11.1 Å². The third-order valence-corrected chi connectivity index (χ3v) is 3.89. The number of hydrogen-bond donors (Lipinski definition) is 0. The summed E-state index contributed by atoms with van der Waals surface area (Å²) in [6.45, 7) is 8.32. The van der Waals surface area contributed by atoms with Crippen molar-refractivity contribution in [1.29, 1.82) is 0 Å². The molecule has 0 aliphatic carbocycles. The molecule has 2 rings (SSSR count). The average Bonchev–Trinajstić information content (AvgIpc) is 2.60. The lowest BCUT2D eigenvalue weighted by atomic mass is 10.1. The lowest BCUT2D eigenvalue weighted by Gasteiger charge is -2.14. The molecule has 0 N–H and O–H groups in total. The third kappa shape index (κ3) is 5.17. The van der Waals surface area contributed by atoms with E-state index in [4.69, 9.17) is 18.9 Å². The van der Waals surface area contributed by atoms with Crippen molar-refractivity contribution in [3.05, 3.63) is 53.1 Å². The van der Waals surface area contributed by atoms with Crippen LogP contribution in [0.3, 0.4) is 0 Å². The standard InChI is InChI=1S/C20H26O4/c1-15-8-9-16(2)20(17(15)3)24-13-11-22-10-12-23-19-7-5-6-18(14-19)21-4/h5-9,14H,10-13H2,1-4H3. The monoisotopic (exact) mass is 330 g/mol. The minimum absolute atomic E-state index is 0.496. The molecule has 130 valence electrons. The molecule has 0 saturated heterocycles. The fourth-order valence-electron chi connectivity index (χ4n) is 2.36. The van der Waals surface area contributed by atoms with Crippen LogP contribution < -0.4 is 14.2 Å². The maximum Gasteiger partial charge on any atom is 0.125 e. The van der Waals surface area contributed by atoms with Crippen molar-refractivity contribution in [3.8, 4) is 17.2 Å². The van der Waals surface area contributed by atoms with Gasteiger partial charge in [-0.2, -0.15) is 0 Å². The molecule has 0 heterocycles. The quantitative estimate of drug-likeness (QED) is 0.649. The van der Waals surface area contributed by atoms with Gasteiger partial charge >= 0.3 is 0 Å². The summed E-state index contributed by atoms with van der Waals surface area (Å²) in [7, 11) is 1.64. The first-order valence-corrected chi connectivity index (χ1v) is 8.16. The second-order valence-corrected chi connectivity index (χ2v) is 5.64. The van der Waals surface area contributed by atoms with Gasteiger partial charge in [-0.3, -0.25) is 0 Å². The molecule has 4 nitrogen and oxygen atoms in total. The van der Waals surface area contributed by atoms with Gasteiger partial charge in [0.25, 0.3) is 0 Å². The van der Waals surface area contributed by atoms with E-state index in [2.05, 4.69) is 32.9 Å². The highest BCUT2D eigenvalue weighted by Gasteiger charge is 2.06. The Balaban J connectivity index is 1.64. The molecule has 0 aliphatic rings. The van der Waals surface area contributed by atoms with Crippen LogP contribution in [0.2, 0.25) is 0 Å². The van der Waals surface area contributed by atoms with E-state index in [9.17, 15) is 0 Å². The molecule has 24 heavy (non-hydrogen) atoms. The van der Waals surface area contributed by atoms with Gasteiger partial charge in [0.05, 0.1) is 20.3 Å². The summed E-state index contributed by atoms with van der Waals surface area (Å²) in [5.74, 6) is 2.53.